The van der Waals surface area contributed by atoms with Crippen LogP contribution < -0.4 is 5.32 Å². The largest absolute Gasteiger partial charge is 0.416 e. The molecule has 0 bridgehead atoms. The highest BCUT2D eigenvalue weighted by molar-refractivity contribution is 7.90. The molecule has 1 aromatic heterocycles. The number of hydrogen-bond acceptors (Lipinski definition) is 5. The molecule has 0 unspecified atom stereocenters. The van der Waals surface area contributed by atoms with Crippen molar-refractivity contribution in [3.8, 4) is 21.7 Å². The summed E-state index contributed by atoms with van der Waals surface area (Å²) in [5.74, 6) is -0.594. The molecule has 0 fully saturated rings. The van der Waals surface area contributed by atoms with Gasteiger partial charge >= 0.3 is 6.18 Å². The summed E-state index contributed by atoms with van der Waals surface area (Å²) < 4.78 is 64.0. The van der Waals surface area contributed by atoms with Gasteiger partial charge in [-0.15, -0.1) is 11.3 Å². The fourth-order valence-electron chi connectivity index (χ4n) is 3.35. The van der Waals surface area contributed by atoms with E-state index in [1.807, 2.05) is 11.4 Å². The van der Waals surface area contributed by atoms with Crippen LogP contribution in [0.4, 0.5) is 18.9 Å². The lowest BCUT2D eigenvalue weighted by Gasteiger charge is -2.14. The molecule has 174 valence electrons. The van der Waals surface area contributed by atoms with Gasteiger partial charge in [0, 0.05) is 34.6 Å². The van der Waals surface area contributed by atoms with E-state index in [0.717, 1.165) is 29.0 Å². The average molecular weight is 503 g/mol. The predicted octanol–water partition coefficient (Wildman–Crippen LogP) is 6.15. The topological polar surface area (TPSA) is 76.1 Å². The molecule has 0 aliphatic rings. The summed E-state index contributed by atoms with van der Waals surface area (Å²) in [5.41, 5.74) is 0.520. The second-order valence-corrected chi connectivity index (χ2v) is 10.3. The normalized spacial score (nSPS) is 11.9. The van der Waals surface area contributed by atoms with E-state index in [0.29, 0.717) is 5.69 Å². The quantitative estimate of drug-likeness (QED) is 0.355. The fourth-order valence-corrected chi connectivity index (χ4v) is 4.63. The summed E-state index contributed by atoms with van der Waals surface area (Å²) in [4.78, 5) is 17.3. The average Bonchev–Trinajstić information content (AvgIpc) is 3.33. The van der Waals surface area contributed by atoms with E-state index in [9.17, 15) is 26.4 Å². The Kier molecular flexibility index (Phi) is 6.28. The van der Waals surface area contributed by atoms with Gasteiger partial charge in [0.2, 0.25) is 0 Å². The number of thiazole rings is 1. The lowest BCUT2D eigenvalue weighted by Crippen LogP contribution is -2.14. The first-order valence-electron chi connectivity index (χ1n) is 9.85. The molecule has 4 rings (SSSR count). The highest BCUT2D eigenvalue weighted by atomic mass is 32.2. The van der Waals surface area contributed by atoms with Crippen LogP contribution >= 0.6 is 11.3 Å². The van der Waals surface area contributed by atoms with Crippen molar-refractivity contribution >= 4 is 32.8 Å². The van der Waals surface area contributed by atoms with Crippen LogP contribution in [-0.4, -0.2) is 25.6 Å². The first kappa shape index (κ1) is 23.7. The molecule has 0 radical (unpaired) electrons. The molecule has 0 aliphatic carbocycles. The summed E-state index contributed by atoms with van der Waals surface area (Å²) in [7, 11) is -3.66. The number of anilines is 1. The van der Waals surface area contributed by atoms with E-state index in [2.05, 4.69) is 10.3 Å². The number of halogens is 3. The molecule has 1 heterocycles. The number of amides is 1. The summed E-state index contributed by atoms with van der Waals surface area (Å²) in [6.07, 6.45) is -1.94. The van der Waals surface area contributed by atoms with Crippen LogP contribution in [0.15, 0.2) is 83.2 Å². The Morgan fingerprint density at radius 1 is 0.971 bits per heavy atom. The summed E-state index contributed by atoms with van der Waals surface area (Å²) >= 11 is 1.43. The van der Waals surface area contributed by atoms with Gasteiger partial charge in [-0.05, 0) is 53.6 Å². The number of benzene rings is 3. The molecule has 5 nitrogen and oxygen atoms in total. The molecule has 4 aromatic rings. The van der Waals surface area contributed by atoms with Crippen molar-refractivity contribution in [3.05, 3.63) is 89.4 Å². The first-order valence-corrected chi connectivity index (χ1v) is 12.6. The molecule has 0 spiro atoms. The standard InChI is InChI=1S/C24H17F3N2O3S2/c1-34(31,32)19-8-9-20(21(14-19)15-4-2-6-17(12-15)24(25,26)27)22(30)29-18-7-3-5-16(13-18)23-28-10-11-33-23/h2-14H,1H3,(H,29,30). The highest BCUT2D eigenvalue weighted by Crippen LogP contribution is 2.34. The Hall–Kier alpha value is -3.50. The SMILES string of the molecule is CS(=O)(=O)c1ccc(C(=O)Nc2cccc(-c3nccs3)c2)c(-c2cccc(C(F)(F)F)c2)c1. The van der Waals surface area contributed by atoms with Gasteiger partial charge in [0.15, 0.2) is 9.84 Å². The monoisotopic (exact) mass is 502 g/mol. The third-order valence-corrected chi connectivity index (χ3v) is 6.90. The van der Waals surface area contributed by atoms with E-state index in [-0.39, 0.29) is 21.6 Å². The van der Waals surface area contributed by atoms with Gasteiger partial charge in [0.25, 0.3) is 5.91 Å². The maximum atomic E-state index is 13.3. The highest BCUT2D eigenvalue weighted by Gasteiger charge is 2.31. The minimum Gasteiger partial charge on any atom is -0.322 e. The molecular formula is C24H17F3N2O3S2. The molecule has 0 aliphatic heterocycles. The van der Waals surface area contributed by atoms with Crippen molar-refractivity contribution in [3.63, 3.8) is 0 Å². The lowest BCUT2D eigenvalue weighted by molar-refractivity contribution is -0.137. The van der Waals surface area contributed by atoms with E-state index in [1.165, 1.54) is 41.7 Å². The van der Waals surface area contributed by atoms with Crippen LogP contribution in [0.25, 0.3) is 21.7 Å². The molecule has 1 amide bonds. The zero-order valence-electron chi connectivity index (χ0n) is 17.6. The van der Waals surface area contributed by atoms with Crippen molar-refractivity contribution in [2.75, 3.05) is 11.6 Å². The molecule has 0 saturated carbocycles. The van der Waals surface area contributed by atoms with Gasteiger partial charge in [-0.2, -0.15) is 13.2 Å². The van der Waals surface area contributed by atoms with Crippen LogP contribution in [-0.2, 0) is 16.0 Å². The smallest absolute Gasteiger partial charge is 0.322 e. The number of aromatic nitrogens is 1. The first-order chi connectivity index (χ1) is 16.0. The number of nitrogens with one attached hydrogen (secondary N) is 1. The van der Waals surface area contributed by atoms with Crippen LogP contribution in [0.1, 0.15) is 15.9 Å². The second-order valence-electron chi connectivity index (χ2n) is 7.43. The van der Waals surface area contributed by atoms with E-state index < -0.39 is 27.5 Å². The van der Waals surface area contributed by atoms with Gasteiger partial charge in [0.1, 0.15) is 5.01 Å². The van der Waals surface area contributed by atoms with Crippen molar-refractivity contribution < 1.29 is 26.4 Å². The van der Waals surface area contributed by atoms with Gasteiger partial charge in [-0.25, -0.2) is 13.4 Å². The van der Waals surface area contributed by atoms with Crippen molar-refractivity contribution in [1.82, 2.24) is 4.98 Å². The molecule has 1 N–H and O–H groups in total. The zero-order chi connectivity index (χ0) is 24.5. The molecule has 34 heavy (non-hydrogen) atoms. The van der Waals surface area contributed by atoms with Crippen molar-refractivity contribution in [2.24, 2.45) is 0 Å². The predicted molar refractivity (Wildman–Crippen MR) is 125 cm³/mol. The van der Waals surface area contributed by atoms with E-state index in [1.54, 1.807) is 24.4 Å². The Labute approximate surface area is 197 Å². The molecule has 0 atom stereocenters. The third-order valence-electron chi connectivity index (χ3n) is 4.96. The Morgan fingerprint density at radius 3 is 2.38 bits per heavy atom. The van der Waals surface area contributed by atoms with Crippen LogP contribution in [0.2, 0.25) is 0 Å². The van der Waals surface area contributed by atoms with Crippen molar-refractivity contribution in [1.29, 1.82) is 0 Å². The van der Waals surface area contributed by atoms with E-state index >= 15 is 0 Å². The van der Waals surface area contributed by atoms with Gasteiger partial charge in [-0.1, -0.05) is 24.3 Å². The minimum absolute atomic E-state index is 0.0337. The molecule has 3 aromatic carbocycles. The molecule has 10 heteroatoms. The van der Waals surface area contributed by atoms with Crippen molar-refractivity contribution in [2.45, 2.75) is 11.1 Å². The van der Waals surface area contributed by atoms with Gasteiger partial charge in [0.05, 0.1) is 10.5 Å². The summed E-state index contributed by atoms with van der Waals surface area (Å²) in [5, 5.41) is 5.33. The van der Waals surface area contributed by atoms with Gasteiger partial charge < -0.3 is 5.32 Å². The third kappa shape index (κ3) is 5.18. The summed E-state index contributed by atoms with van der Waals surface area (Å²) in [6, 6.07) is 15.2. The number of carbonyl (C=O) groups excluding carboxylic acids is 1. The second kappa shape index (κ2) is 9.03. The number of alkyl halides is 3. The van der Waals surface area contributed by atoms with Crippen LogP contribution in [0, 0.1) is 0 Å². The number of carbonyl (C=O) groups is 1. The lowest BCUT2D eigenvalue weighted by atomic mass is 9.97. The Bertz CT molecular complexity index is 1470. The molecule has 0 saturated heterocycles. The number of rotatable bonds is 5. The maximum Gasteiger partial charge on any atom is 0.416 e. The van der Waals surface area contributed by atoms with Gasteiger partial charge in [-0.3, -0.25) is 4.79 Å². The molecular weight excluding hydrogens is 485 g/mol. The Morgan fingerprint density at radius 2 is 1.71 bits per heavy atom. The zero-order valence-corrected chi connectivity index (χ0v) is 19.3. The number of hydrogen-bond donors (Lipinski definition) is 1. The van der Waals surface area contributed by atoms with Crippen LogP contribution in [0.5, 0.6) is 0 Å². The fraction of sp³-hybridized carbons (Fsp3) is 0.0833. The Balaban J connectivity index is 1.76. The minimum atomic E-state index is -4.59. The van der Waals surface area contributed by atoms with Crippen LogP contribution in [0.3, 0.4) is 0 Å². The number of sulfone groups is 1. The van der Waals surface area contributed by atoms with E-state index in [4.69, 9.17) is 0 Å². The summed E-state index contributed by atoms with van der Waals surface area (Å²) in [6.45, 7) is 0. The maximum absolute atomic E-state index is 13.3. The number of nitrogens with zero attached hydrogens (tertiary/aromatic N) is 1.